The lowest BCUT2D eigenvalue weighted by atomic mass is 10.0. The minimum Gasteiger partial charge on any atom is -0.303 e. The summed E-state index contributed by atoms with van der Waals surface area (Å²) in [5.74, 6) is -0.161. The number of ketones is 1. The highest BCUT2D eigenvalue weighted by Crippen LogP contribution is 2.12. The molecule has 0 aliphatic carbocycles. The summed E-state index contributed by atoms with van der Waals surface area (Å²) in [7, 11) is 0. The van der Waals surface area contributed by atoms with Gasteiger partial charge in [0.15, 0.2) is 5.78 Å². The fourth-order valence-corrected chi connectivity index (χ4v) is 2.76. The van der Waals surface area contributed by atoms with Crippen LogP contribution in [0.15, 0.2) is 24.3 Å². The summed E-state index contributed by atoms with van der Waals surface area (Å²) in [6, 6.07) is 5.85. The van der Waals surface area contributed by atoms with Crippen molar-refractivity contribution in [3.63, 3.8) is 0 Å². The molecule has 1 aromatic carbocycles. The van der Waals surface area contributed by atoms with Crippen LogP contribution in [0.3, 0.4) is 0 Å². The van der Waals surface area contributed by atoms with Crippen LogP contribution in [0.2, 0.25) is 0 Å². The molecule has 0 unspecified atom stereocenters. The largest absolute Gasteiger partial charge is 0.303 e. The monoisotopic (exact) mass is 277 g/mol. The highest BCUT2D eigenvalue weighted by atomic mass is 19.1. The molecule has 0 radical (unpaired) electrons. The molecule has 0 bridgehead atoms. The number of unbranched alkanes of at least 4 members (excludes halogenated alkanes) is 2. The van der Waals surface area contributed by atoms with Gasteiger partial charge in [-0.05, 0) is 69.6 Å². The summed E-state index contributed by atoms with van der Waals surface area (Å²) in [5.41, 5.74) is 0.627. The molecule has 0 N–H and O–H groups in total. The van der Waals surface area contributed by atoms with Crippen molar-refractivity contribution >= 4 is 5.78 Å². The van der Waals surface area contributed by atoms with Gasteiger partial charge >= 0.3 is 0 Å². The number of carbonyl (C=O) groups is 1. The fraction of sp³-hybridized carbons (Fsp3) is 0.588. The first-order valence-electron chi connectivity index (χ1n) is 7.77. The Kier molecular flexibility index (Phi) is 6.19. The van der Waals surface area contributed by atoms with Crippen LogP contribution in [0.25, 0.3) is 0 Å². The Morgan fingerprint density at radius 3 is 2.40 bits per heavy atom. The molecule has 20 heavy (non-hydrogen) atoms. The number of hydrogen-bond donors (Lipinski definition) is 0. The van der Waals surface area contributed by atoms with Crippen molar-refractivity contribution < 1.29 is 9.18 Å². The molecule has 0 amide bonds. The molecule has 2 rings (SSSR count). The average molecular weight is 277 g/mol. The maximum absolute atomic E-state index is 12.8. The van der Waals surface area contributed by atoms with E-state index in [0.717, 1.165) is 12.8 Å². The van der Waals surface area contributed by atoms with Crippen molar-refractivity contribution in [2.45, 2.75) is 44.9 Å². The van der Waals surface area contributed by atoms with E-state index in [1.54, 1.807) is 12.1 Å². The lowest BCUT2D eigenvalue weighted by Crippen LogP contribution is -2.30. The van der Waals surface area contributed by atoms with E-state index < -0.39 is 0 Å². The number of piperidine rings is 1. The Balaban J connectivity index is 1.58. The van der Waals surface area contributed by atoms with Gasteiger partial charge < -0.3 is 4.90 Å². The smallest absolute Gasteiger partial charge is 0.162 e. The van der Waals surface area contributed by atoms with Crippen LogP contribution in [0, 0.1) is 5.82 Å². The molecule has 110 valence electrons. The molecule has 0 spiro atoms. The van der Waals surface area contributed by atoms with Crippen LogP contribution in [0.5, 0.6) is 0 Å². The maximum Gasteiger partial charge on any atom is 0.162 e. The molecule has 1 aliphatic heterocycles. The lowest BCUT2D eigenvalue weighted by Gasteiger charge is -2.26. The molecule has 3 heteroatoms. The van der Waals surface area contributed by atoms with Crippen molar-refractivity contribution in [1.29, 1.82) is 0 Å². The van der Waals surface area contributed by atoms with E-state index in [2.05, 4.69) is 4.90 Å². The van der Waals surface area contributed by atoms with E-state index in [1.807, 2.05) is 0 Å². The number of rotatable bonds is 7. The molecular formula is C17H24FNO. The van der Waals surface area contributed by atoms with Crippen molar-refractivity contribution in [2.24, 2.45) is 0 Å². The molecule has 1 heterocycles. The van der Waals surface area contributed by atoms with E-state index in [0.29, 0.717) is 12.0 Å². The van der Waals surface area contributed by atoms with Gasteiger partial charge in [0.1, 0.15) is 5.82 Å². The van der Waals surface area contributed by atoms with Gasteiger partial charge in [-0.1, -0.05) is 12.8 Å². The van der Waals surface area contributed by atoms with Gasteiger partial charge in [0, 0.05) is 12.0 Å². The first-order valence-corrected chi connectivity index (χ1v) is 7.77. The second-order valence-electron chi connectivity index (χ2n) is 5.64. The Morgan fingerprint density at radius 2 is 1.70 bits per heavy atom. The van der Waals surface area contributed by atoms with Gasteiger partial charge in [0.25, 0.3) is 0 Å². The number of Topliss-reactive ketones (excluding diaryl/α,β-unsaturated/α-hetero) is 1. The molecule has 2 nitrogen and oxygen atoms in total. The van der Waals surface area contributed by atoms with Crippen molar-refractivity contribution in [3.8, 4) is 0 Å². The summed E-state index contributed by atoms with van der Waals surface area (Å²) >= 11 is 0. The quantitative estimate of drug-likeness (QED) is 0.553. The minimum absolute atomic E-state index is 0.128. The van der Waals surface area contributed by atoms with E-state index >= 15 is 0 Å². The summed E-state index contributed by atoms with van der Waals surface area (Å²) in [6.45, 7) is 3.66. The van der Waals surface area contributed by atoms with Gasteiger partial charge in [-0.25, -0.2) is 4.39 Å². The second-order valence-corrected chi connectivity index (χ2v) is 5.64. The number of nitrogens with zero attached hydrogens (tertiary/aromatic N) is 1. The first kappa shape index (κ1) is 15.2. The fourth-order valence-electron chi connectivity index (χ4n) is 2.76. The number of benzene rings is 1. The summed E-state index contributed by atoms with van der Waals surface area (Å²) in [5, 5.41) is 0. The Bertz CT molecular complexity index is 410. The van der Waals surface area contributed by atoms with Crippen LogP contribution in [-0.4, -0.2) is 30.3 Å². The van der Waals surface area contributed by atoms with Crippen LogP contribution >= 0.6 is 0 Å². The SMILES string of the molecule is O=C(CCCCCN1CCCCC1)c1ccc(F)cc1. The molecule has 1 saturated heterocycles. The highest BCUT2D eigenvalue weighted by Gasteiger charge is 2.09. The zero-order valence-corrected chi connectivity index (χ0v) is 12.1. The Labute approximate surface area is 121 Å². The average Bonchev–Trinajstić information content (AvgIpc) is 2.48. The highest BCUT2D eigenvalue weighted by molar-refractivity contribution is 5.95. The third-order valence-corrected chi connectivity index (χ3v) is 3.99. The molecule has 1 aliphatic rings. The number of carbonyl (C=O) groups excluding carboxylic acids is 1. The van der Waals surface area contributed by atoms with Crippen molar-refractivity contribution in [3.05, 3.63) is 35.6 Å². The van der Waals surface area contributed by atoms with Gasteiger partial charge in [0.2, 0.25) is 0 Å². The van der Waals surface area contributed by atoms with Crippen LogP contribution < -0.4 is 0 Å². The summed E-state index contributed by atoms with van der Waals surface area (Å²) in [4.78, 5) is 14.4. The predicted molar refractivity (Wildman–Crippen MR) is 79.5 cm³/mol. The minimum atomic E-state index is -0.289. The Hall–Kier alpha value is -1.22. The van der Waals surface area contributed by atoms with Crippen LogP contribution in [0.1, 0.15) is 55.3 Å². The van der Waals surface area contributed by atoms with Crippen LogP contribution in [0.4, 0.5) is 4.39 Å². The second kappa shape index (κ2) is 8.15. The lowest BCUT2D eigenvalue weighted by molar-refractivity contribution is 0.0978. The van der Waals surface area contributed by atoms with Crippen LogP contribution in [-0.2, 0) is 0 Å². The van der Waals surface area contributed by atoms with E-state index in [1.165, 1.54) is 57.5 Å². The zero-order chi connectivity index (χ0) is 14.2. The molecule has 0 atom stereocenters. The van der Waals surface area contributed by atoms with E-state index in [9.17, 15) is 9.18 Å². The molecule has 1 fully saturated rings. The predicted octanol–water partition coefficient (Wildman–Crippen LogP) is 4.05. The number of halogens is 1. The van der Waals surface area contributed by atoms with Crippen molar-refractivity contribution in [2.75, 3.05) is 19.6 Å². The van der Waals surface area contributed by atoms with E-state index in [-0.39, 0.29) is 11.6 Å². The first-order chi connectivity index (χ1) is 9.75. The third kappa shape index (κ3) is 5.04. The van der Waals surface area contributed by atoms with Gasteiger partial charge in [0.05, 0.1) is 0 Å². The topological polar surface area (TPSA) is 20.3 Å². The molecular weight excluding hydrogens is 253 g/mol. The van der Waals surface area contributed by atoms with Gasteiger partial charge in [-0.15, -0.1) is 0 Å². The summed E-state index contributed by atoms with van der Waals surface area (Å²) in [6.07, 6.45) is 7.84. The summed E-state index contributed by atoms with van der Waals surface area (Å²) < 4.78 is 12.8. The maximum atomic E-state index is 12.8. The standard InChI is InChI=1S/C17H24FNO/c18-16-10-8-15(9-11-16)17(20)7-3-1-4-12-19-13-5-2-6-14-19/h8-11H,1-7,12-14H2. The molecule has 0 aromatic heterocycles. The van der Waals surface area contributed by atoms with Gasteiger partial charge in [-0.3, -0.25) is 4.79 Å². The number of likely N-dealkylation sites (tertiary alicyclic amines) is 1. The molecule has 1 aromatic rings. The Morgan fingerprint density at radius 1 is 1.00 bits per heavy atom. The third-order valence-electron chi connectivity index (χ3n) is 3.99. The van der Waals surface area contributed by atoms with Crippen molar-refractivity contribution in [1.82, 2.24) is 4.90 Å². The van der Waals surface area contributed by atoms with Gasteiger partial charge in [-0.2, -0.15) is 0 Å². The normalized spacial score (nSPS) is 16.2. The zero-order valence-electron chi connectivity index (χ0n) is 12.1. The molecule has 0 saturated carbocycles. The number of hydrogen-bond acceptors (Lipinski definition) is 2. The van der Waals surface area contributed by atoms with E-state index in [4.69, 9.17) is 0 Å².